The first kappa shape index (κ1) is 14.5. The topological polar surface area (TPSA) is 70.0 Å². The van der Waals surface area contributed by atoms with Crippen LogP contribution in [0.2, 0.25) is 0 Å². The quantitative estimate of drug-likeness (QED) is 0.802. The molecule has 0 aromatic heterocycles. The van der Waals surface area contributed by atoms with E-state index in [9.17, 15) is 15.0 Å². The number of rotatable bonds is 2. The van der Waals surface area contributed by atoms with Crippen LogP contribution in [0, 0.1) is 0 Å². The monoisotopic (exact) mass is 327 g/mol. The summed E-state index contributed by atoms with van der Waals surface area (Å²) in [5.41, 5.74) is 0.0104. The van der Waals surface area contributed by atoms with Crippen LogP contribution in [0.3, 0.4) is 0 Å². The Hall–Kier alpha value is -1.85. The summed E-state index contributed by atoms with van der Waals surface area (Å²) >= 11 is 0. The van der Waals surface area contributed by atoms with E-state index in [2.05, 4.69) is 11.5 Å². The molecule has 4 aliphatic rings. The number of carbonyl (C=O) groups is 1. The maximum absolute atomic E-state index is 12.6. The molecule has 0 radical (unpaired) electrons. The molecule has 24 heavy (non-hydrogen) atoms. The van der Waals surface area contributed by atoms with Gasteiger partial charge in [-0.3, -0.25) is 9.69 Å². The maximum Gasteiger partial charge on any atom is 0.174 e. The fraction of sp³-hybridized carbons (Fsp3) is 0.526. The van der Waals surface area contributed by atoms with Crippen LogP contribution in [0.4, 0.5) is 0 Å². The molecule has 2 N–H and O–H groups in total. The Bertz CT molecular complexity index is 775. The number of piperidine rings is 1. The number of phenolic OH excluding ortho intramolecular Hbond substituents is 1. The van der Waals surface area contributed by atoms with E-state index in [0.29, 0.717) is 38.0 Å². The number of Topliss-reactive ketones (excluding diaryl/α,β-unsaturated/α-hetero) is 1. The van der Waals surface area contributed by atoms with E-state index < -0.39 is 17.1 Å². The summed E-state index contributed by atoms with van der Waals surface area (Å²) in [4.78, 5) is 14.9. The third kappa shape index (κ3) is 1.38. The van der Waals surface area contributed by atoms with Gasteiger partial charge in [0.15, 0.2) is 11.9 Å². The minimum Gasteiger partial charge on any atom is -0.508 e. The highest BCUT2D eigenvalue weighted by atomic mass is 16.5. The predicted molar refractivity (Wildman–Crippen MR) is 87.3 cm³/mol. The lowest BCUT2D eigenvalue weighted by atomic mass is 9.49. The lowest BCUT2D eigenvalue weighted by Gasteiger charge is -2.62. The van der Waals surface area contributed by atoms with E-state index in [1.54, 1.807) is 12.1 Å². The van der Waals surface area contributed by atoms with E-state index in [-0.39, 0.29) is 17.6 Å². The molecule has 5 rings (SSSR count). The number of ether oxygens (including phenoxy) is 1. The molecule has 1 saturated carbocycles. The largest absolute Gasteiger partial charge is 0.508 e. The summed E-state index contributed by atoms with van der Waals surface area (Å²) in [7, 11) is 0. The minimum atomic E-state index is -1.00. The highest BCUT2D eigenvalue weighted by Crippen LogP contribution is 2.64. The third-order valence-electron chi connectivity index (χ3n) is 6.75. The van der Waals surface area contributed by atoms with Crippen molar-refractivity contribution in [3.63, 3.8) is 0 Å². The van der Waals surface area contributed by atoms with Crippen molar-refractivity contribution in [2.24, 2.45) is 0 Å². The second-order valence-corrected chi connectivity index (χ2v) is 7.55. The van der Waals surface area contributed by atoms with Gasteiger partial charge in [-0.05, 0) is 31.4 Å². The summed E-state index contributed by atoms with van der Waals surface area (Å²) < 4.78 is 6.05. The first-order valence-corrected chi connectivity index (χ1v) is 8.65. The average Bonchev–Trinajstić information content (AvgIpc) is 2.89. The number of aromatic hydroxyl groups is 1. The van der Waals surface area contributed by atoms with E-state index >= 15 is 0 Å². The van der Waals surface area contributed by atoms with Gasteiger partial charge < -0.3 is 14.9 Å². The van der Waals surface area contributed by atoms with Crippen LogP contribution in [-0.2, 0) is 16.6 Å². The highest BCUT2D eigenvalue weighted by Gasteiger charge is 2.72. The second-order valence-electron chi connectivity index (χ2n) is 7.55. The van der Waals surface area contributed by atoms with Gasteiger partial charge in [0.05, 0.1) is 11.0 Å². The number of nitrogens with zero attached hydrogens (tertiary/aromatic N) is 1. The lowest BCUT2D eigenvalue weighted by Crippen LogP contribution is -2.76. The van der Waals surface area contributed by atoms with Gasteiger partial charge in [-0.2, -0.15) is 0 Å². The van der Waals surface area contributed by atoms with Gasteiger partial charge in [-0.25, -0.2) is 0 Å². The number of likely N-dealkylation sites (tertiary alicyclic amines) is 1. The molecule has 126 valence electrons. The van der Waals surface area contributed by atoms with E-state index in [4.69, 9.17) is 4.74 Å². The van der Waals surface area contributed by atoms with Crippen molar-refractivity contribution in [1.29, 1.82) is 0 Å². The zero-order chi connectivity index (χ0) is 16.7. The van der Waals surface area contributed by atoms with Crippen LogP contribution in [0.5, 0.6) is 11.5 Å². The summed E-state index contributed by atoms with van der Waals surface area (Å²) in [6.45, 7) is 5.32. The molecule has 1 saturated heterocycles. The summed E-state index contributed by atoms with van der Waals surface area (Å²) in [6.07, 6.45) is 3.26. The minimum absolute atomic E-state index is 0.0686. The highest BCUT2D eigenvalue weighted by molar-refractivity contribution is 5.89. The third-order valence-corrected chi connectivity index (χ3v) is 6.75. The molecule has 4 atom stereocenters. The molecule has 1 aromatic carbocycles. The zero-order valence-corrected chi connectivity index (χ0v) is 13.5. The van der Waals surface area contributed by atoms with Gasteiger partial charge in [0.2, 0.25) is 0 Å². The predicted octanol–water partition coefficient (Wildman–Crippen LogP) is 1.30. The Labute approximate surface area is 140 Å². The molecule has 3 unspecified atom stereocenters. The molecule has 0 amide bonds. The number of benzene rings is 1. The van der Waals surface area contributed by atoms with Crippen molar-refractivity contribution in [2.75, 3.05) is 13.1 Å². The Morgan fingerprint density at radius 2 is 2.25 bits per heavy atom. The number of hydrogen-bond donors (Lipinski definition) is 2. The van der Waals surface area contributed by atoms with E-state index in [1.165, 1.54) is 0 Å². The summed E-state index contributed by atoms with van der Waals surface area (Å²) in [5.74, 6) is 0.971. The van der Waals surface area contributed by atoms with E-state index in [0.717, 1.165) is 17.7 Å². The molecule has 1 spiro atoms. The molecule has 2 bridgehead atoms. The Morgan fingerprint density at radius 3 is 3.04 bits per heavy atom. The smallest absolute Gasteiger partial charge is 0.174 e. The van der Waals surface area contributed by atoms with Crippen LogP contribution >= 0.6 is 0 Å². The normalized spacial score (nSPS) is 39.3. The van der Waals surface area contributed by atoms with Crippen LogP contribution < -0.4 is 4.74 Å². The van der Waals surface area contributed by atoms with Crippen molar-refractivity contribution in [1.82, 2.24) is 4.90 Å². The van der Waals surface area contributed by atoms with Crippen LogP contribution in [0.25, 0.3) is 0 Å². The standard InChI is InChI=1S/C19H21NO4/c1-2-8-20-9-7-18-16-11-10-15(20)19(18,23)6-5-13(22)17(18)24-14(16)4-3-12(11)21/h2-4,15,17,21,23H,1,5-10H2/t15?,17?,18-,19?/m0/s1. The van der Waals surface area contributed by atoms with Gasteiger partial charge in [0.1, 0.15) is 11.5 Å². The number of aliphatic hydroxyl groups is 1. The Morgan fingerprint density at radius 1 is 1.42 bits per heavy atom. The van der Waals surface area contributed by atoms with Gasteiger partial charge >= 0.3 is 0 Å². The Kier molecular flexibility index (Phi) is 2.66. The summed E-state index contributed by atoms with van der Waals surface area (Å²) in [5, 5.41) is 22.3. The van der Waals surface area contributed by atoms with Gasteiger partial charge in [0.25, 0.3) is 0 Å². The summed E-state index contributed by atoms with van der Waals surface area (Å²) in [6, 6.07) is 3.26. The van der Waals surface area contributed by atoms with Crippen molar-refractivity contribution in [2.45, 2.75) is 48.8 Å². The van der Waals surface area contributed by atoms with Gasteiger partial charge in [-0.15, -0.1) is 6.58 Å². The molecule has 2 heterocycles. The average molecular weight is 327 g/mol. The van der Waals surface area contributed by atoms with Crippen molar-refractivity contribution in [3.05, 3.63) is 35.9 Å². The molecule has 2 aliphatic carbocycles. The number of carbonyl (C=O) groups excluding carboxylic acids is 1. The molecule has 2 fully saturated rings. The fourth-order valence-electron chi connectivity index (χ4n) is 5.81. The first-order valence-electron chi connectivity index (χ1n) is 8.65. The first-order chi connectivity index (χ1) is 11.5. The Balaban J connectivity index is 1.80. The van der Waals surface area contributed by atoms with Gasteiger partial charge in [0, 0.05) is 36.7 Å². The molecule has 5 heteroatoms. The number of phenols is 1. The van der Waals surface area contributed by atoms with Crippen LogP contribution in [0.1, 0.15) is 30.4 Å². The van der Waals surface area contributed by atoms with Crippen molar-refractivity contribution < 1.29 is 19.7 Å². The van der Waals surface area contributed by atoms with Crippen LogP contribution in [0.15, 0.2) is 24.8 Å². The van der Waals surface area contributed by atoms with E-state index in [1.807, 2.05) is 6.08 Å². The maximum atomic E-state index is 12.6. The molecular formula is C19H21NO4. The molecule has 1 aromatic rings. The molecule has 5 nitrogen and oxygen atoms in total. The van der Waals surface area contributed by atoms with Crippen molar-refractivity contribution in [3.8, 4) is 11.5 Å². The lowest BCUT2D eigenvalue weighted by molar-refractivity contribution is -0.187. The van der Waals surface area contributed by atoms with Gasteiger partial charge in [-0.1, -0.05) is 6.08 Å². The van der Waals surface area contributed by atoms with Crippen LogP contribution in [-0.4, -0.2) is 51.7 Å². The van der Waals surface area contributed by atoms with Crippen molar-refractivity contribution >= 4 is 5.78 Å². The number of ketones is 1. The second kappa shape index (κ2) is 4.41. The zero-order valence-electron chi connectivity index (χ0n) is 13.5. The SMILES string of the molecule is C=CCN1CC[C@@]23c4c5ccc(O)c4CC1C2(O)CCC(=O)C3O5. The molecule has 2 aliphatic heterocycles. The number of hydrogen-bond acceptors (Lipinski definition) is 5. The molecular weight excluding hydrogens is 306 g/mol. The fourth-order valence-corrected chi connectivity index (χ4v) is 5.81.